The van der Waals surface area contributed by atoms with E-state index in [1.807, 2.05) is 0 Å². The van der Waals surface area contributed by atoms with Gasteiger partial charge in [0.05, 0.1) is 12.7 Å². The van der Waals surface area contributed by atoms with Crippen LogP contribution in [0.2, 0.25) is 0 Å². The van der Waals surface area contributed by atoms with Gasteiger partial charge in [-0.15, -0.1) is 0 Å². The first-order valence-corrected chi connectivity index (χ1v) is 8.09. The van der Waals surface area contributed by atoms with Gasteiger partial charge in [0.2, 0.25) is 0 Å². The van der Waals surface area contributed by atoms with Crippen molar-refractivity contribution in [3.05, 3.63) is 35.4 Å². The topological polar surface area (TPSA) is 38.5 Å². The molecule has 0 bridgehead atoms. The monoisotopic (exact) mass is 290 g/mol. The van der Waals surface area contributed by atoms with Crippen molar-refractivity contribution in [2.45, 2.75) is 51.7 Å². The molecule has 0 saturated carbocycles. The van der Waals surface area contributed by atoms with Crippen molar-refractivity contribution < 1.29 is 4.74 Å². The van der Waals surface area contributed by atoms with Crippen LogP contribution < -0.4 is 5.73 Å². The summed E-state index contributed by atoms with van der Waals surface area (Å²) in [5.74, 6) is 0. The Bertz CT molecular complexity index is 436. The van der Waals surface area contributed by atoms with Crippen molar-refractivity contribution in [1.82, 2.24) is 4.90 Å². The van der Waals surface area contributed by atoms with Crippen LogP contribution in [0.15, 0.2) is 24.3 Å². The molecule has 1 heterocycles. The number of hydrogen-bond donors (Lipinski definition) is 1. The molecule has 3 heteroatoms. The van der Waals surface area contributed by atoms with E-state index < -0.39 is 0 Å². The van der Waals surface area contributed by atoms with Crippen LogP contribution in [0.4, 0.5) is 0 Å². The summed E-state index contributed by atoms with van der Waals surface area (Å²) in [5.41, 5.74) is 9.24. The Balaban J connectivity index is 1.94. The summed E-state index contributed by atoms with van der Waals surface area (Å²) in [5, 5.41) is 0. The minimum atomic E-state index is 0.0693. The van der Waals surface area contributed by atoms with Gasteiger partial charge in [-0.3, -0.25) is 4.90 Å². The zero-order valence-electron chi connectivity index (χ0n) is 13.9. The van der Waals surface area contributed by atoms with Crippen LogP contribution in [-0.2, 0) is 16.6 Å². The summed E-state index contributed by atoms with van der Waals surface area (Å²) in [6, 6.07) is 8.94. The summed E-state index contributed by atoms with van der Waals surface area (Å²) in [6.07, 6.45) is 1.04. The van der Waals surface area contributed by atoms with Gasteiger partial charge in [0.25, 0.3) is 0 Å². The Morgan fingerprint density at radius 1 is 1.29 bits per heavy atom. The molecule has 21 heavy (non-hydrogen) atoms. The lowest BCUT2D eigenvalue weighted by molar-refractivity contribution is -0.0385. The zero-order valence-corrected chi connectivity index (χ0v) is 13.9. The summed E-state index contributed by atoms with van der Waals surface area (Å²) in [6.45, 7) is 12.8. The molecule has 1 aliphatic rings. The highest BCUT2D eigenvalue weighted by molar-refractivity contribution is 5.28. The Hall–Kier alpha value is -0.900. The molecule has 1 aromatic carbocycles. The van der Waals surface area contributed by atoms with Crippen LogP contribution in [0, 0.1) is 0 Å². The summed E-state index contributed by atoms with van der Waals surface area (Å²) >= 11 is 0. The number of likely N-dealkylation sites (N-methyl/N-ethyl adjacent to an activating group) is 1. The van der Waals surface area contributed by atoms with E-state index in [0.717, 1.165) is 32.7 Å². The first-order chi connectivity index (χ1) is 9.90. The summed E-state index contributed by atoms with van der Waals surface area (Å²) in [7, 11) is 0. The maximum Gasteiger partial charge on any atom is 0.0856 e. The molecular formula is C18H30N2O. The van der Waals surface area contributed by atoms with Crippen LogP contribution in [0.1, 0.15) is 38.8 Å². The van der Waals surface area contributed by atoms with E-state index in [0.29, 0.717) is 0 Å². The zero-order chi connectivity index (χ0) is 15.5. The van der Waals surface area contributed by atoms with Gasteiger partial charge in [0, 0.05) is 19.1 Å². The number of nitrogens with zero attached hydrogens (tertiary/aromatic N) is 1. The Labute approximate surface area is 129 Å². The molecule has 1 aromatic rings. The number of rotatable bonds is 4. The van der Waals surface area contributed by atoms with Crippen molar-refractivity contribution in [2.24, 2.45) is 5.73 Å². The number of benzene rings is 1. The minimum Gasteiger partial charge on any atom is -0.374 e. The maximum atomic E-state index is 6.37. The lowest BCUT2D eigenvalue weighted by Gasteiger charge is -2.35. The van der Waals surface area contributed by atoms with Crippen molar-refractivity contribution in [3.63, 3.8) is 0 Å². The molecule has 2 atom stereocenters. The number of hydrogen-bond acceptors (Lipinski definition) is 3. The van der Waals surface area contributed by atoms with Gasteiger partial charge in [0.1, 0.15) is 0 Å². The van der Waals surface area contributed by atoms with Gasteiger partial charge >= 0.3 is 0 Å². The van der Waals surface area contributed by atoms with Gasteiger partial charge < -0.3 is 10.5 Å². The molecule has 1 saturated heterocycles. The van der Waals surface area contributed by atoms with E-state index >= 15 is 0 Å². The van der Waals surface area contributed by atoms with E-state index in [1.165, 1.54) is 11.1 Å². The quantitative estimate of drug-likeness (QED) is 0.926. The Morgan fingerprint density at radius 2 is 1.95 bits per heavy atom. The highest BCUT2D eigenvalue weighted by atomic mass is 16.5. The molecule has 0 amide bonds. The van der Waals surface area contributed by atoms with E-state index in [-0.39, 0.29) is 17.6 Å². The second-order valence-electron chi connectivity index (χ2n) is 7.12. The third kappa shape index (κ3) is 4.53. The average Bonchev–Trinajstić information content (AvgIpc) is 2.47. The van der Waals surface area contributed by atoms with Crippen molar-refractivity contribution in [3.8, 4) is 0 Å². The van der Waals surface area contributed by atoms with Crippen molar-refractivity contribution >= 4 is 0 Å². The second kappa shape index (κ2) is 6.91. The molecule has 0 aromatic heterocycles. The van der Waals surface area contributed by atoms with Crippen LogP contribution >= 0.6 is 0 Å². The molecule has 1 aliphatic heterocycles. The fourth-order valence-electron chi connectivity index (χ4n) is 2.82. The fourth-order valence-corrected chi connectivity index (χ4v) is 2.82. The molecule has 2 unspecified atom stereocenters. The largest absolute Gasteiger partial charge is 0.374 e. The summed E-state index contributed by atoms with van der Waals surface area (Å²) < 4.78 is 5.86. The predicted octanol–water partition coefficient (Wildman–Crippen LogP) is 2.57. The fraction of sp³-hybridized carbons (Fsp3) is 0.667. The third-order valence-electron chi connectivity index (χ3n) is 4.39. The van der Waals surface area contributed by atoms with Crippen LogP contribution in [0.5, 0.6) is 0 Å². The second-order valence-corrected chi connectivity index (χ2v) is 7.12. The van der Waals surface area contributed by atoms with Gasteiger partial charge in [-0.25, -0.2) is 0 Å². The van der Waals surface area contributed by atoms with E-state index in [1.54, 1.807) is 0 Å². The molecular weight excluding hydrogens is 260 g/mol. The summed E-state index contributed by atoms with van der Waals surface area (Å²) in [4.78, 5) is 2.41. The molecule has 118 valence electrons. The average molecular weight is 290 g/mol. The van der Waals surface area contributed by atoms with Gasteiger partial charge in [0.15, 0.2) is 0 Å². The molecule has 0 spiro atoms. The lowest BCUT2D eigenvalue weighted by Crippen LogP contribution is -2.51. The van der Waals surface area contributed by atoms with E-state index in [2.05, 4.69) is 56.9 Å². The molecule has 1 fully saturated rings. The van der Waals surface area contributed by atoms with E-state index in [9.17, 15) is 0 Å². The third-order valence-corrected chi connectivity index (χ3v) is 4.39. The maximum absolute atomic E-state index is 6.37. The molecule has 0 aliphatic carbocycles. The molecule has 0 radical (unpaired) electrons. The highest BCUT2D eigenvalue weighted by Crippen LogP contribution is 2.22. The van der Waals surface area contributed by atoms with Crippen LogP contribution in [0.3, 0.4) is 0 Å². The van der Waals surface area contributed by atoms with Crippen LogP contribution in [0.25, 0.3) is 0 Å². The first-order valence-electron chi connectivity index (χ1n) is 8.09. The minimum absolute atomic E-state index is 0.0693. The molecule has 2 N–H and O–H groups in total. The molecule has 3 nitrogen and oxygen atoms in total. The number of nitrogens with two attached hydrogens (primary N) is 1. The SMILES string of the molecule is CCN1CCOC(C(N)Cc2ccc(C(C)(C)C)cc2)C1. The molecule has 2 rings (SSSR count). The van der Waals surface area contributed by atoms with Crippen molar-refractivity contribution in [2.75, 3.05) is 26.2 Å². The number of morpholine rings is 1. The number of ether oxygens (including phenoxy) is 1. The van der Waals surface area contributed by atoms with E-state index in [4.69, 9.17) is 10.5 Å². The Morgan fingerprint density at radius 3 is 2.52 bits per heavy atom. The van der Waals surface area contributed by atoms with Gasteiger partial charge in [-0.1, -0.05) is 52.0 Å². The van der Waals surface area contributed by atoms with Crippen LogP contribution in [-0.4, -0.2) is 43.3 Å². The normalized spacial score (nSPS) is 22.2. The standard InChI is InChI=1S/C18H30N2O/c1-5-20-10-11-21-17(13-20)16(19)12-14-6-8-15(9-7-14)18(2,3)4/h6-9,16-17H,5,10-13,19H2,1-4H3. The Kier molecular flexibility index (Phi) is 5.42. The first kappa shape index (κ1) is 16.5. The van der Waals surface area contributed by atoms with Gasteiger partial charge in [-0.05, 0) is 29.5 Å². The smallest absolute Gasteiger partial charge is 0.0856 e. The van der Waals surface area contributed by atoms with Gasteiger partial charge in [-0.2, -0.15) is 0 Å². The predicted molar refractivity (Wildman–Crippen MR) is 88.7 cm³/mol. The lowest BCUT2D eigenvalue weighted by atomic mass is 9.86. The van der Waals surface area contributed by atoms with Crippen molar-refractivity contribution in [1.29, 1.82) is 0 Å². The highest BCUT2D eigenvalue weighted by Gasteiger charge is 2.25.